The maximum Gasteiger partial charge on any atom is 0.123 e. The Kier molecular flexibility index (Phi) is 6.45. The van der Waals surface area contributed by atoms with Gasteiger partial charge in [-0.3, -0.25) is 4.90 Å². The Morgan fingerprint density at radius 3 is 2.64 bits per heavy atom. The third-order valence-electron chi connectivity index (χ3n) is 4.72. The minimum absolute atomic E-state index is 0.235. The standard InChI is InChI=1S/C21H28N2O2/c1-17(20-8-3-4-9-21(20)24-2)22-15-18-6-5-7-19(14-18)16-23-10-12-25-13-11-23/h3-9,14,17,22H,10-13,15-16H2,1-2H3. The molecule has 1 aliphatic rings. The van der Waals surface area contributed by atoms with Gasteiger partial charge in [0.05, 0.1) is 20.3 Å². The fraction of sp³-hybridized carbons (Fsp3) is 0.429. The van der Waals surface area contributed by atoms with Crippen molar-refractivity contribution in [1.82, 2.24) is 10.2 Å². The lowest BCUT2D eigenvalue weighted by atomic mass is 10.1. The van der Waals surface area contributed by atoms with Crippen LogP contribution in [0.15, 0.2) is 48.5 Å². The number of hydrogen-bond acceptors (Lipinski definition) is 4. The molecule has 1 atom stereocenters. The Morgan fingerprint density at radius 1 is 1.08 bits per heavy atom. The second-order valence-electron chi connectivity index (χ2n) is 6.55. The number of hydrogen-bond donors (Lipinski definition) is 1. The van der Waals surface area contributed by atoms with Crippen molar-refractivity contribution < 1.29 is 9.47 Å². The van der Waals surface area contributed by atoms with Gasteiger partial charge in [0, 0.05) is 37.8 Å². The monoisotopic (exact) mass is 340 g/mol. The van der Waals surface area contributed by atoms with Crippen LogP contribution in [0.3, 0.4) is 0 Å². The van der Waals surface area contributed by atoms with E-state index in [1.165, 1.54) is 16.7 Å². The van der Waals surface area contributed by atoms with Gasteiger partial charge in [-0.25, -0.2) is 0 Å². The smallest absolute Gasteiger partial charge is 0.123 e. The highest BCUT2D eigenvalue weighted by molar-refractivity contribution is 5.35. The van der Waals surface area contributed by atoms with Crippen molar-refractivity contribution in [2.45, 2.75) is 26.1 Å². The molecule has 134 valence electrons. The van der Waals surface area contributed by atoms with Gasteiger partial charge < -0.3 is 14.8 Å². The second kappa shape index (κ2) is 8.99. The minimum Gasteiger partial charge on any atom is -0.496 e. The molecule has 4 nitrogen and oxygen atoms in total. The zero-order valence-electron chi connectivity index (χ0n) is 15.2. The zero-order valence-corrected chi connectivity index (χ0v) is 15.2. The normalized spacial score (nSPS) is 16.6. The zero-order chi connectivity index (χ0) is 17.5. The highest BCUT2D eigenvalue weighted by atomic mass is 16.5. The third kappa shape index (κ3) is 5.05. The summed E-state index contributed by atoms with van der Waals surface area (Å²) in [6.45, 7) is 7.75. The highest BCUT2D eigenvalue weighted by Gasteiger charge is 2.12. The molecule has 1 fully saturated rings. The Balaban J connectivity index is 1.58. The van der Waals surface area contributed by atoms with E-state index in [0.717, 1.165) is 45.1 Å². The van der Waals surface area contributed by atoms with Crippen LogP contribution in [-0.4, -0.2) is 38.3 Å². The molecular weight excluding hydrogens is 312 g/mol. The van der Waals surface area contributed by atoms with Crippen LogP contribution < -0.4 is 10.1 Å². The predicted molar refractivity (Wildman–Crippen MR) is 101 cm³/mol. The molecule has 3 rings (SSSR count). The van der Waals surface area contributed by atoms with E-state index in [1.807, 2.05) is 12.1 Å². The van der Waals surface area contributed by atoms with Crippen LogP contribution in [0.1, 0.15) is 29.7 Å². The van der Waals surface area contributed by atoms with Crippen molar-refractivity contribution in [3.8, 4) is 5.75 Å². The second-order valence-corrected chi connectivity index (χ2v) is 6.55. The average molecular weight is 340 g/mol. The van der Waals surface area contributed by atoms with Crippen LogP contribution in [0.2, 0.25) is 0 Å². The van der Waals surface area contributed by atoms with Crippen molar-refractivity contribution in [2.75, 3.05) is 33.4 Å². The first kappa shape index (κ1) is 17.9. The number of morpholine rings is 1. The topological polar surface area (TPSA) is 33.7 Å². The third-order valence-corrected chi connectivity index (χ3v) is 4.72. The summed E-state index contributed by atoms with van der Waals surface area (Å²) in [6.07, 6.45) is 0. The molecule has 0 spiro atoms. The molecule has 25 heavy (non-hydrogen) atoms. The lowest BCUT2D eigenvalue weighted by molar-refractivity contribution is 0.0342. The van der Waals surface area contributed by atoms with Crippen LogP contribution in [0.4, 0.5) is 0 Å². The number of rotatable bonds is 7. The van der Waals surface area contributed by atoms with E-state index in [0.29, 0.717) is 0 Å². The fourth-order valence-corrected chi connectivity index (χ4v) is 3.26. The van der Waals surface area contributed by atoms with Gasteiger partial charge in [-0.15, -0.1) is 0 Å². The molecule has 0 aliphatic carbocycles. The summed E-state index contributed by atoms with van der Waals surface area (Å²) in [6, 6.07) is 17.3. The summed E-state index contributed by atoms with van der Waals surface area (Å²) >= 11 is 0. The molecule has 0 amide bonds. The molecule has 0 saturated carbocycles. The Hall–Kier alpha value is -1.88. The molecule has 1 N–H and O–H groups in total. The Labute approximate surface area is 150 Å². The van der Waals surface area contributed by atoms with Gasteiger partial charge >= 0.3 is 0 Å². The van der Waals surface area contributed by atoms with E-state index in [2.05, 4.69) is 53.5 Å². The van der Waals surface area contributed by atoms with E-state index in [4.69, 9.17) is 9.47 Å². The summed E-state index contributed by atoms with van der Waals surface area (Å²) < 4.78 is 10.9. The summed E-state index contributed by atoms with van der Waals surface area (Å²) in [7, 11) is 1.72. The molecule has 1 aliphatic heterocycles. The summed E-state index contributed by atoms with van der Waals surface area (Å²) in [5.41, 5.74) is 3.87. The van der Waals surface area contributed by atoms with Crippen molar-refractivity contribution in [1.29, 1.82) is 0 Å². The van der Waals surface area contributed by atoms with Crippen LogP contribution in [0, 0.1) is 0 Å². The van der Waals surface area contributed by atoms with Gasteiger partial charge in [0.25, 0.3) is 0 Å². The molecular formula is C21H28N2O2. The molecule has 2 aromatic rings. The van der Waals surface area contributed by atoms with Crippen LogP contribution >= 0.6 is 0 Å². The van der Waals surface area contributed by atoms with Crippen LogP contribution in [0.5, 0.6) is 5.75 Å². The molecule has 0 bridgehead atoms. The molecule has 2 aromatic carbocycles. The Morgan fingerprint density at radius 2 is 1.84 bits per heavy atom. The maximum atomic E-state index is 5.47. The predicted octanol–water partition coefficient (Wildman–Crippen LogP) is 3.38. The first-order chi connectivity index (χ1) is 12.3. The van der Waals surface area contributed by atoms with Gasteiger partial charge in [-0.1, -0.05) is 42.5 Å². The lowest BCUT2D eigenvalue weighted by Gasteiger charge is -2.26. The first-order valence-corrected chi connectivity index (χ1v) is 9.00. The Bertz CT molecular complexity index is 668. The van der Waals surface area contributed by atoms with E-state index < -0.39 is 0 Å². The highest BCUT2D eigenvalue weighted by Crippen LogP contribution is 2.24. The number of ether oxygens (including phenoxy) is 2. The van der Waals surface area contributed by atoms with Crippen molar-refractivity contribution in [2.24, 2.45) is 0 Å². The number of para-hydroxylation sites is 1. The molecule has 1 heterocycles. The van der Waals surface area contributed by atoms with Gasteiger partial charge in [-0.05, 0) is 24.1 Å². The van der Waals surface area contributed by atoms with Crippen molar-refractivity contribution >= 4 is 0 Å². The number of nitrogens with one attached hydrogen (secondary N) is 1. The van der Waals surface area contributed by atoms with Gasteiger partial charge in [0.1, 0.15) is 5.75 Å². The largest absolute Gasteiger partial charge is 0.496 e. The number of benzene rings is 2. The average Bonchev–Trinajstić information content (AvgIpc) is 2.67. The molecule has 0 aromatic heterocycles. The SMILES string of the molecule is COc1ccccc1C(C)NCc1cccc(CN2CCOCC2)c1. The summed E-state index contributed by atoms with van der Waals surface area (Å²) in [4.78, 5) is 2.45. The van der Waals surface area contributed by atoms with Gasteiger partial charge in [0.15, 0.2) is 0 Å². The molecule has 4 heteroatoms. The van der Waals surface area contributed by atoms with Crippen molar-refractivity contribution in [3.63, 3.8) is 0 Å². The fourth-order valence-electron chi connectivity index (χ4n) is 3.26. The maximum absolute atomic E-state index is 5.47. The summed E-state index contributed by atoms with van der Waals surface area (Å²) in [5.74, 6) is 0.934. The molecule has 0 radical (unpaired) electrons. The quantitative estimate of drug-likeness (QED) is 0.838. The van der Waals surface area contributed by atoms with Crippen LogP contribution in [-0.2, 0) is 17.8 Å². The van der Waals surface area contributed by atoms with E-state index in [-0.39, 0.29) is 6.04 Å². The van der Waals surface area contributed by atoms with E-state index in [1.54, 1.807) is 7.11 Å². The van der Waals surface area contributed by atoms with Crippen LogP contribution in [0.25, 0.3) is 0 Å². The lowest BCUT2D eigenvalue weighted by Crippen LogP contribution is -2.35. The minimum atomic E-state index is 0.235. The van der Waals surface area contributed by atoms with E-state index >= 15 is 0 Å². The summed E-state index contributed by atoms with van der Waals surface area (Å²) in [5, 5.41) is 3.61. The molecule has 1 unspecified atom stereocenters. The van der Waals surface area contributed by atoms with Crippen molar-refractivity contribution in [3.05, 3.63) is 65.2 Å². The van der Waals surface area contributed by atoms with E-state index in [9.17, 15) is 0 Å². The van der Waals surface area contributed by atoms with Gasteiger partial charge in [0.2, 0.25) is 0 Å². The number of nitrogens with zero attached hydrogens (tertiary/aromatic N) is 1. The van der Waals surface area contributed by atoms with Gasteiger partial charge in [-0.2, -0.15) is 0 Å². The number of methoxy groups -OCH3 is 1. The molecule has 1 saturated heterocycles. The first-order valence-electron chi connectivity index (χ1n) is 9.00.